The summed E-state index contributed by atoms with van der Waals surface area (Å²) < 4.78 is 2.12. The lowest BCUT2D eigenvalue weighted by molar-refractivity contribution is 0.286. The quantitative estimate of drug-likeness (QED) is 0.579. The fourth-order valence-corrected chi connectivity index (χ4v) is 4.38. The van der Waals surface area contributed by atoms with Crippen molar-refractivity contribution in [1.82, 2.24) is 24.5 Å². The second-order valence-corrected chi connectivity index (χ2v) is 8.72. The van der Waals surface area contributed by atoms with Crippen LogP contribution in [0.5, 0.6) is 0 Å². The highest BCUT2D eigenvalue weighted by Crippen LogP contribution is 2.28. The van der Waals surface area contributed by atoms with Gasteiger partial charge in [-0.05, 0) is 57.1 Å². The normalized spacial score (nSPS) is 19.5. The zero-order chi connectivity index (χ0) is 20.9. The van der Waals surface area contributed by atoms with E-state index in [1.807, 2.05) is 18.6 Å². The van der Waals surface area contributed by atoms with Crippen LogP contribution in [0.3, 0.4) is 0 Å². The Balaban J connectivity index is 1.52. The summed E-state index contributed by atoms with van der Waals surface area (Å²) in [4.78, 5) is 18.5. The summed E-state index contributed by atoms with van der Waals surface area (Å²) in [6.07, 6.45) is 13.6. The van der Waals surface area contributed by atoms with Gasteiger partial charge in [0.25, 0.3) is 0 Å². The van der Waals surface area contributed by atoms with E-state index in [1.165, 1.54) is 25.7 Å². The summed E-state index contributed by atoms with van der Waals surface area (Å²) in [5.74, 6) is 2.32. The molecule has 0 spiro atoms. The van der Waals surface area contributed by atoms with Crippen molar-refractivity contribution >= 4 is 17.0 Å². The third-order valence-electron chi connectivity index (χ3n) is 6.15. The minimum atomic E-state index is 0.296. The number of aromatic nitrogens is 5. The predicted octanol–water partition coefficient (Wildman–Crippen LogP) is 4.25. The van der Waals surface area contributed by atoms with Crippen molar-refractivity contribution in [2.75, 3.05) is 5.32 Å². The SMILES string of the molecule is CC(C)n1cnc2c(NCc3cccnc3)nc(CCCC3CCCC[C@@H]3N)nc21. The van der Waals surface area contributed by atoms with Crippen LogP contribution in [-0.2, 0) is 13.0 Å². The largest absolute Gasteiger partial charge is 0.364 e. The van der Waals surface area contributed by atoms with Crippen molar-refractivity contribution < 1.29 is 0 Å². The first kappa shape index (κ1) is 20.7. The maximum atomic E-state index is 6.33. The first-order chi connectivity index (χ1) is 14.6. The molecule has 3 N–H and O–H groups in total. The Morgan fingerprint density at radius 2 is 2.10 bits per heavy atom. The van der Waals surface area contributed by atoms with E-state index < -0.39 is 0 Å². The molecule has 0 aliphatic heterocycles. The summed E-state index contributed by atoms with van der Waals surface area (Å²) in [5, 5.41) is 3.46. The standard InChI is InChI=1S/C23H33N7/c1-16(2)30-15-27-21-22(26-14-17-7-6-12-25-13-17)28-20(29-23(21)30)11-5-9-18-8-3-4-10-19(18)24/h6-7,12-13,15-16,18-19H,3-5,8-11,14,24H2,1-2H3,(H,26,28,29)/t18?,19-/m0/s1. The number of pyridine rings is 1. The van der Waals surface area contributed by atoms with Gasteiger partial charge in [0.15, 0.2) is 11.5 Å². The predicted molar refractivity (Wildman–Crippen MR) is 120 cm³/mol. The van der Waals surface area contributed by atoms with E-state index in [2.05, 4.69) is 39.8 Å². The number of hydrogen-bond donors (Lipinski definition) is 2. The lowest BCUT2D eigenvalue weighted by Gasteiger charge is -2.28. The van der Waals surface area contributed by atoms with E-state index in [1.54, 1.807) is 6.20 Å². The van der Waals surface area contributed by atoms with Crippen molar-refractivity contribution in [1.29, 1.82) is 0 Å². The Bertz CT molecular complexity index is 951. The maximum Gasteiger partial charge on any atom is 0.166 e. The van der Waals surface area contributed by atoms with Crippen LogP contribution < -0.4 is 11.1 Å². The van der Waals surface area contributed by atoms with E-state index in [0.29, 0.717) is 24.5 Å². The zero-order valence-electron chi connectivity index (χ0n) is 18.1. The lowest BCUT2D eigenvalue weighted by Crippen LogP contribution is -2.33. The number of rotatable bonds is 8. The molecule has 3 aromatic heterocycles. The molecule has 0 aromatic carbocycles. The molecule has 7 heteroatoms. The summed E-state index contributed by atoms with van der Waals surface area (Å²) in [6, 6.07) is 4.66. The van der Waals surface area contributed by atoms with E-state index >= 15 is 0 Å². The zero-order valence-corrected chi connectivity index (χ0v) is 18.1. The molecule has 4 rings (SSSR count). The summed E-state index contributed by atoms with van der Waals surface area (Å²) in [6.45, 7) is 4.96. The maximum absolute atomic E-state index is 6.33. The molecule has 160 valence electrons. The molecule has 0 radical (unpaired) electrons. The molecular formula is C23H33N7. The van der Waals surface area contributed by atoms with Crippen molar-refractivity contribution in [3.8, 4) is 0 Å². The molecule has 0 amide bonds. The number of anilines is 1. The van der Waals surface area contributed by atoms with Gasteiger partial charge in [-0.1, -0.05) is 18.9 Å². The first-order valence-electron chi connectivity index (χ1n) is 11.2. The molecule has 1 fully saturated rings. The molecule has 0 bridgehead atoms. The van der Waals surface area contributed by atoms with Crippen LogP contribution in [0.25, 0.3) is 11.2 Å². The smallest absolute Gasteiger partial charge is 0.166 e. The average Bonchev–Trinajstić information content (AvgIpc) is 3.19. The van der Waals surface area contributed by atoms with Gasteiger partial charge in [-0.25, -0.2) is 15.0 Å². The molecule has 1 aliphatic carbocycles. The van der Waals surface area contributed by atoms with Gasteiger partial charge >= 0.3 is 0 Å². The molecule has 2 atom stereocenters. The van der Waals surface area contributed by atoms with Gasteiger partial charge in [-0.3, -0.25) is 4.98 Å². The average molecular weight is 408 g/mol. The number of nitrogens with two attached hydrogens (primary N) is 1. The number of aryl methyl sites for hydroxylation is 1. The number of hydrogen-bond acceptors (Lipinski definition) is 6. The minimum Gasteiger partial charge on any atom is -0.364 e. The van der Waals surface area contributed by atoms with Gasteiger partial charge in [0, 0.05) is 37.4 Å². The fraction of sp³-hybridized carbons (Fsp3) is 0.565. The Hall–Kier alpha value is -2.54. The highest BCUT2D eigenvalue weighted by Gasteiger charge is 2.21. The molecule has 3 heterocycles. The van der Waals surface area contributed by atoms with Crippen LogP contribution in [0.15, 0.2) is 30.9 Å². The third-order valence-corrected chi connectivity index (χ3v) is 6.15. The fourth-order valence-electron chi connectivity index (χ4n) is 4.38. The minimum absolute atomic E-state index is 0.296. The Kier molecular flexibility index (Phi) is 6.57. The molecule has 1 saturated carbocycles. The highest BCUT2D eigenvalue weighted by molar-refractivity contribution is 5.83. The third kappa shape index (κ3) is 4.78. The molecule has 0 saturated heterocycles. The summed E-state index contributed by atoms with van der Waals surface area (Å²) in [5.41, 5.74) is 9.17. The van der Waals surface area contributed by atoms with E-state index in [-0.39, 0.29) is 0 Å². The van der Waals surface area contributed by atoms with E-state index in [4.69, 9.17) is 15.7 Å². The second-order valence-electron chi connectivity index (χ2n) is 8.72. The second kappa shape index (κ2) is 9.51. The Morgan fingerprint density at radius 3 is 2.87 bits per heavy atom. The van der Waals surface area contributed by atoms with Crippen LogP contribution in [0.1, 0.15) is 69.8 Å². The van der Waals surface area contributed by atoms with E-state index in [9.17, 15) is 0 Å². The van der Waals surface area contributed by atoms with Crippen molar-refractivity contribution in [2.24, 2.45) is 11.7 Å². The Labute approximate surface area is 178 Å². The van der Waals surface area contributed by atoms with Gasteiger partial charge in [0.2, 0.25) is 0 Å². The van der Waals surface area contributed by atoms with Gasteiger partial charge in [0.1, 0.15) is 11.3 Å². The Morgan fingerprint density at radius 1 is 1.23 bits per heavy atom. The van der Waals surface area contributed by atoms with Crippen LogP contribution >= 0.6 is 0 Å². The van der Waals surface area contributed by atoms with Crippen LogP contribution in [0, 0.1) is 5.92 Å². The summed E-state index contributed by atoms with van der Waals surface area (Å²) >= 11 is 0. The first-order valence-corrected chi connectivity index (χ1v) is 11.2. The number of imidazole rings is 1. The highest BCUT2D eigenvalue weighted by atomic mass is 15.2. The molecular weight excluding hydrogens is 374 g/mol. The van der Waals surface area contributed by atoms with Crippen LogP contribution in [0.4, 0.5) is 5.82 Å². The monoisotopic (exact) mass is 407 g/mol. The number of fused-ring (bicyclic) bond motifs is 1. The molecule has 1 unspecified atom stereocenters. The van der Waals surface area contributed by atoms with Crippen molar-refractivity contribution in [3.05, 3.63) is 42.2 Å². The molecule has 1 aliphatic rings. The van der Waals surface area contributed by atoms with Crippen molar-refractivity contribution in [2.45, 2.75) is 77.4 Å². The van der Waals surface area contributed by atoms with Crippen LogP contribution in [-0.4, -0.2) is 30.5 Å². The van der Waals surface area contributed by atoms with Gasteiger partial charge in [-0.2, -0.15) is 0 Å². The lowest BCUT2D eigenvalue weighted by atomic mass is 9.82. The van der Waals surface area contributed by atoms with Gasteiger partial charge < -0.3 is 15.6 Å². The molecule has 30 heavy (non-hydrogen) atoms. The van der Waals surface area contributed by atoms with Crippen molar-refractivity contribution in [3.63, 3.8) is 0 Å². The molecule has 7 nitrogen and oxygen atoms in total. The summed E-state index contributed by atoms with van der Waals surface area (Å²) in [7, 11) is 0. The van der Waals surface area contributed by atoms with Crippen LogP contribution in [0.2, 0.25) is 0 Å². The van der Waals surface area contributed by atoms with Gasteiger partial charge in [-0.15, -0.1) is 0 Å². The number of nitrogens with zero attached hydrogens (tertiary/aromatic N) is 5. The van der Waals surface area contributed by atoms with E-state index in [0.717, 1.165) is 47.6 Å². The molecule has 3 aromatic rings. The topological polar surface area (TPSA) is 94.5 Å². The number of nitrogens with one attached hydrogen (secondary N) is 1. The van der Waals surface area contributed by atoms with Gasteiger partial charge in [0.05, 0.1) is 6.33 Å².